The van der Waals surface area contributed by atoms with Gasteiger partial charge < -0.3 is 10.2 Å². The Morgan fingerprint density at radius 3 is 2.28 bits per heavy atom. The lowest BCUT2D eigenvalue weighted by Gasteiger charge is -2.25. The van der Waals surface area contributed by atoms with Crippen LogP contribution >= 0.6 is 0 Å². The van der Waals surface area contributed by atoms with E-state index in [4.69, 9.17) is 0 Å². The summed E-state index contributed by atoms with van der Waals surface area (Å²) in [6.07, 6.45) is 0.357. The highest BCUT2D eigenvalue weighted by Crippen LogP contribution is 2.20. The van der Waals surface area contributed by atoms with Crippen molar-refractivity contribution >= 4 is 11.8 Å². The minimum absolute atomic E-state index is 0.0269. The minimum Gasteiger partial charge on any atom is -0.355 e. The number of nitrogens with one attached hydrogen (secondary N) is 1. The number of rotatable bonds is 5. The van der Waals surface area contributed by atoms with E-state index < -0.39 is 0 Å². The zero-order chi connectivity index (χ0) is 13.9. The van der Waals surface area contributed by atoms with Gasteiger partial charge >= 0.3 is 0 Å². The Labute approximate surface area is 110 Å². The van der Waals surface area contributed by atoms with Gasteiger partial charge in [-0.25, -0.2) is 0 Å². The van der Waals surface area contributed by atoms with Crippen LogP contribution in [0.25, 0.3) is 0 Å². The van der Waals surface area contributed by atoms with Crippen molar-refractivity contribution in [2.45, 2.75) is 34.1 Å². The summed E-state index contributed by atoms with van der Waals surface area (Å²) in [5.41, 5.74) is 0. The van der Waals surface area contributed by atoms with Crippen molar-refractivity contribution in [3.05, 3.63) is 0 Å². The fourth-order valence-corrected chi connectivity index (χ4v) is 2.64. The molecule has 0 spiro atoms. The smallest absolute Gasteiger partial charge is 0.225 e. The molecule has 2 amide bonds. The second kappa shape index (κ2) is 6.21. The molecule has 1 rings (SSSR count). The van der Waals surface area contributed by atoms with Crippen LogP contribution < -0.4 is 5.32 Å². The SMILES string of the molecule is CC(C)C(CNC(=O)C1CC(=O)N(C)C1)C(C)C. The second-order valence-corrected chi connectivity index (χ2v) is 6.07. The van der Waals surface area contributed by atoms with Crippen molar-refractivity contribution in [1.82, 2.24) is 10.2 Å². The van der Waals surface area contributed by atoms with Gasteiger partial charge in [-0.05, 0) is 17.8 Å². The van der Waals surface area contributed by atoms with Crippen LogP contribution in [0.15, 0.2) is 0 Å². The molecule has 104 valence electrons. The molecular weight excluding hydrogens is 228 g/mol. The summed E-state index contributed by atoms with van der Waals surface area (Å²) in [5, 5.41) is 3.01. The molecule has 0 saturated carbocycles. The average molecular weight is 254 g/mol. The first kappa shape index (κ1) is 15.0. The monoisotopic (exact) mass is 254 g/mol. The quantitative estimate of drug-likeness (QED) is 0.808. The fourth-order valence-electron chi connectivity index (χ4n) is 2.64. The predicted molar refractivity (Wildman–Crippen MR) is 71.9 cm³/mol. The lowest BCUT2D eigenvalue weighted by Crippen LogP contribution is -2.38. The maximum atomic E-state index is 12.0. The van der Waals surface area contributed by atoms with E-state index in [1.165, 1.54) is 0 Å². The summed E-state index contributed by atoms with van der Waals surface area (Å²) in [6.45, 7) is 10.0. The van der Waals surface area contributed by atoms with E-state index in [9.17, 15) is 9.59 Å². The molecule has 0 aliphatic carbocycles. The van der Waals surface area contributed by atoms with Crippen molar-refractivity contribution in [1.29, 1.82) is 0 Å². The number of likely N-dealkylation sites (tertiary alicyclic amines) is 1. The molecule has 4 nitrogen and oxygen atoms in total. The lowest BCUT2D eigenvalue weighted by molar-refractivity contribution is -0.128. The number of hydrogen-bond donors (Lipinski definition) is 1. The molecule has 1 heterocycles. The fraction of sp³-hybridized carbons (Fsp3) is 0.857. The Kier molecular flexibility index (Phi) is 5.17. The first-order valence-corrected chi connectivity index (χ1v) is 6.84. The summed E-state index contributed by atoms with van der Waals surface area (Å²) < 4.78 is 0. The highest BCUT2D eigenvalue weighted by Gasteiger charge is 2.32. The third kappa shape index (κ3) is 3.72. The number of hydrogen-bond acceptors (Lipinski definition) is 2. The topological polar surface area (TPSA) is 49.4 Å². The minimum atomic E-state index is -0.164. The van der Waals surface area contributed by atoms with Gasteiger partial charge in [0.25, 0.3) is 0 Å². The summed E-state index contributed by atoms with van der Waals surface area (Å²) in [4.78, 5) is 25.0. The van der Waals surface area contributed by atoms with Gasteiger partial charge in [0.05, 0.1) is 5.92 Å². The zero-order valence-corrected chi connectivity index (χ0v) is 12.2. The van der Waals surface area contributed by atoms with Gasteiger partial charge in [0, 0.05) is 26.6 Å². The Bertz CT molecular complexity index is 305. The lowest BCUT2D eigenvalue weighted by atomic mass is 9.85. The molecule has 1 N–H and O–H groups in total. The number of nitrogens with zero attached hydrogens (tertiary/aromatic N) is 1. The molecule has 1 aliphatic heterocycles. The zero-order valence-electron chi connectivity index (χ0n) is 12.2. The number of amides is 2. The van der Waals surface area contributed by atoms with E-state index in [-0.39, 0.29) is 17.7 Å². The van der Waals surface area contributed by atoms with Crippen LogP contribution in [0.1, 0.15) is 34.1 Å². The highest BCUT2D eigenvalue weighted by molar-refractivity contribution is 5.89. The second-order valence-electron chi connectivity index (χ2n) is 6.07. The first-order valence-electron chi connectivity index (χ1n) is 6.84. The standard InChI is InChI=1S/C14H26N2O2/c1-9(2)12(10(3)4)7-15-14(18)11-6-13(17)16(5)8-11/h9-12H,6-8H2,1-5H3,(H,15,18). The maximum Gasteiger partial charge on any atom is 0.225 e. The van der Waals surface area contributed by atoms with Crippen molar-refractivity contribution in [3.8, 4) is 0 Å². The Morgan fingerprint density at radius 2 is 1.89 bits per heavy atom. The summed E-state index contributed by atoms with van der Waals surface area (Å²) in [7, 11) is 1.75. The summed E-state index contributed by atoms with van der Waals surface area (Å²) in [5.74, 6) is 1.53. The van der Waals surface area contributed by atoms with E-state index in [0.717, 1.165) is 0 Å². The Balaban J connectivity index is 2.43. The van der Waals surface area contributed by atoms with Crippen LogP contribution in [0, 0.1) is 23.7 Å². The summed E-state index contributed by atoms with van der Waals surface area (Å²) >= 11 is 0. The molecule has 1 atom stereocenters. The van der Waals surface area contributed by atoms with Crippen LogP contribution in [0.5, 0.6) is 0 Å². The number of carbonyl (C=O) groups is 2. The van der Waals surface area contributed by atoms with Crippen molar-refractivity contribution in [2.24, 2.45) is 23.7 Å². The first-order chi connectivity index (χ1) is 8.32. The molecular formula is C14H26N2O2. The van der Waals surface area contributed by atoms with Gasteiger partial charge in [0.15, 0.2) is 0 Å². The van der Waals surface area contributed by atoms with Crippen LogP contribution in [0.2, 0.25) is 0 Å². The number of carbonyl (C=O) groups excluding carboxylic acids is 2. The molecule has 4 heteroatoms. The summed E-state index contributed by atoms with van der Waals surface area (Å²) in [6, 6.07) is 0. The van der Waals surface area contributed by atoms with Crippen molar-refractivity contribution < 1.29 is 9.59 Å². The van der Waals surface area contributed by atoms with Gasteiger partial charge in [-0.1, -0.05) is 27.7 Å². The van der Waals surface area contributed by atoms with Crippen LogP contribution in [-0.4, -0.2) is 36.9 Å². The molecule has 0 bridgehead atoms. The molecule has 18 heavy (non-hydrogen) atoms. The van der Waals surface area contributed by atoms with E-state index in [2.05, 4.69) is 33.0 Å². The normalized spacial score (nSPS) is 20.3. The predicted octanol–water partition coefficient (Wildman–Crippen LogP) is 1.51. The van der Waals surface area contributed by atoms with E-state index in [1.807, 2.05) is 0 Å². The molecule has 0 radical (unpaired) electrons. The van der Waals surface area contributed by atoms with Gasteiger partial charge in [-0.2, -0.15) is 0 Å². The van der Waals surface area contributed by atoms with E-state index >= 15 is 0 Å². The third-order valence-corrected chi connectivity index (χ3v) is 3.94. The molecule has 0 aromatic rings. The Morgan fingerprint density at radius 1 is 1.33 bits per heavy atom. The third-order valence-electron chi connectivity index (χ3n) is 3.94. The molecule has 1 saturated heterocycles. The van der Waals surface area contributed by atoms with Gasteiger partial charge in [0.2, 0.25) is 11.8 Å². The van der Waals surface area contributed by atoms with Crippen molar-refractivity contribution in [3.63, 3.8) is 0 Å². The van der Waals surface area contributed by atoms with Crippen LogP contribution in [0.3, 0.4) is 0 Å². The Hall–Kier alpha value is -1.06. The largest absolute Gasteiger partial charge is 0.355 e. The van der Waals surface area contributed by atoms with Gasteiger partial charge in [-0.3, -0.25) is 9.59 Å². The van der Waals surface area contributed by atoms with Gasteiger partial charge in [0.1, 0.15) is 0 Å². The highest BCUT2D eigenvalue weighted by atomic mass is 16.2. The van der Waals surface area contributed by atoms with Crippen LogP contribution in [0.4, 0.5) is 0 Å². The maximum absolute atomic E-state index is 12.0. The van der Waals surface area contributed by atoms with Crippen molar-refractivity contribution in [2.75, 3.05) is 20.1 Å². The van der Waals surface area contributed by atoms with Crippen LogP contribution in [-0.2, 0) is 9.59 Å². The van der Waals surface area contributed by atoms with Gasteiger partial charge in [-0.15, -0.1) is 0 Å². The molecule has 0 aromatic heterocycles. The molecule has 1 aliphatic rings. The average Bonchev–Trinajstić information content (AvgIpc) is 2.58. The molecule has 1 unspecified atom stereocenters. The molecule has 1 fully saturated rings. The van der Waals surface area contributed by atoms with E-state index in [1.54, 1.807) is 11.9 Å². The van der Waals surface area contributed by atoms with E-state index in [0.29, 0.717) is 37.3 Å². The molecule has 0 aromatic carbocycles.